The molecule has 1 aromatic rings. The van der Waals surface area contributed by atoms with Gasteiger partial charge in [0.25, 0.3) is 0 Å². The van der Waals surface area contributed by atoms with E-state index in [4.69, 9.17) is 0 Å². The van der Waals surface area contributed by atoms with Crippen LogP contribution in [0, 0.1) is 6.92 Å². The van der Waals surface area contributed by atoms with E-state index in [9.17, 15) is 4.79 Å². The summed E-state index contributed by atoms with van der Waals surface area (Å²) in [6.07, 6.45) is 0. The van der Waals surface area contributed by atoms with E-state index >= 15 is 0 Å². The highest BCUT2D eigenvalue weighted by atomic mass is 32.1. The van der Waals surface area contributed by atoms with Gasteiger partial charge in [0.1, 0.15) is 0 Å². The molecular formula is C10H17N3OS. The smallest absolute Gasteiger partial charge is 0.317 e. The van der Waals surface area contributed by atoms with Crippen LogP contribution in [0.4, 0.5) is 4.79 Å². The van der Waals surface area contributed by atoms with E-state index in [0.29, 0.717) is 6.54 Å². The Bertz CT molecular complexity index is 335. The van der Waals surface area contributed by atoms with Gasteiger partial charge in [0.05, 0.1) is 17.2 Å². The zero-order chi connectivity index (χ0) is 11.4. The molecule has 1 rings (SSSR count). The average Bonchev–Trinajstić information content (AvgIpc) is 2.50. The van der Waals surface area contributed by atoms with Crippen LogP contribution in [0.1, 0.15) is 24.5 Å². The lowest BCUT2D eigenvalue weighted by molar-refractivity contribution is 0.204. The van der Waals surface area contributed by atoms with Crippen molar-refractivity contribution < 1.29 is 4.79 Å². The third-order valence-corrected chi connectivity index (χ3v) is 2.65. The summed E-state index contributed by atoms with van der Waals surface area (Å²) in [5.41, 5.74) is 0.943. The Balaban J connectivity index is 2.48. The molecule has 1 N–H and O–H groups in total. The van der Waals surface area contributed by atoms with Crippen LogP contribution in [0.3, 0.4) is 0 Å². The zero-order valence-electron chi connectivity index (χ0n) is 9.57. The van der Waals surface area contributed by atoms with Gasteiger partial charge < -0.3 is 10.2 Å². The highest BCUT2D eigenvalue weighted by molar-refractivity contribution is 7.09. The van der Waals surface area contributed by atoms with Crippen molar-refractivity contribution in [2.45, 2.75) is 33.4 Å². The summed E-state index contributed by atoms with van der Waals surface area (Å²) in [6, 6.07) is 0.104. The number of hydrogen-bond donors (Lipinski definition) is 1. The molecule has 5 heteroatoms. The van der Waals surface area contributed by atoms with E-state index in [-0.39, 0.29) is 12.1 Å². The first-order valence-electron chi connectivity index (χ1n) is 4.91. The maximum atomic E-state index is 11.6. The van der Waals surface area contributed by atoms with E-state index in [2.05, 4.69) is 10.3 Å². The molecule has 0 bridgehead atoms. The van der Waals surface area contributed by atoms with Gasteiger partial charge in [-0.05, 0) is 20.8 Å². The number of aromatic nitrogens is 1. The van der Waals surface area contributed by atoms with Crippen LogP contribution in [0.2, 0.25) is 0 Å². The molecule has 0 saturated heterocycles. The van der Waals surface area contributed by atoms with Crippen molar-refractivity contribution in [3.05, 3.63) is 16.1 Å². The molecule has 1 aromatic heterocycles. The van der Waals surface area contributed by atoms with Crippen molar-refractivity contribution in [1.29, 1.82) is 0 Å². The summed E-state index contributed by atoms with van der Waals surface area (Å²) < 4.78 is 0. The highest BCUT2D eigenvalue weighted by Crippen LogP contribution is 2.09. The molecule has 0 aliphatic heterocycles. The second-order valence-electron chi connectivity index (χ2n) is 3.82. The number of nitrogens with one attached hydrogen (secondary N) is 1. The van der Waals surface area contributed by atoms with Crippen LogP contribution in [0.25, 0.3) is 0 Å². The Morgan fingerprint density at radius 3 is 2.80 bits per heavy atom. The first kappa shape index (κ1) is 12.0. The van der Waals surface area contributed by atoms with Crippen molar-refractivity contribution in [3.63, 3.8) is 0 Å². The van der Waals surface area contributed by atoms with Gasteiger partial charge in [-0.25, -0.2) is 9.78 Å². The molecule has 2 amide bonds. The topological polar surface area (TPSA) is 45.2 Å². The molecule has 0 fully saturated rings. The maximum absolute atomic E-state index is 11.6. The lowest BCUT2D eigenvalue weighted by atomic mass is 10.4. The van der Waals surface area contributed by atoms with E-state index < -0.39 is 0 Å². The van der Waals surface area contributed by atoms with E-state index in [1.165, 1.54) is 0 Å². The minimum Gasteiger partial charge on any atom is -0.336 e. The summed E-state index contributed by atoms with van der Waals surface area (Å²) in [7, 11) is 1.77. The number of carbonyl (C=O) groups excluding carboxylic acids is 1. The molecule has 15 heavy (non-hydrogen) atoms. The van der Waals surface area contributed by atoms with Crippen LogP contribution in [0.5, 0.6) is 0 Å². The third kappa shape index (κ3) is 3.87. The molecule has 0 aromatic carbocycles. The molecular weight excluding hydrogens is 210 g/mol. The van der Waals surface area contributed by atoms with Gasteiger partial charge in [-0.15, -0.1) is 11.3 Å². The Labute approximate surface area is 94.3 Å². The van der Waals surface area contributed by atoms with Crippen LogP contribution < -0.4 is 5.32 Å². The Morgan fingerprint density at radius 1 is 1.67 bits per heavy atom. The van der Waals surface area contributed by atoms with Crippen LogP contribution in [0.15, 0.2) is 5.38 Å². The molecule has 0 radical (unpaired) electrons. The normalized spacial score (nSPS) is 10.5. The average molecular weight is 227 g/mol. The van der Waals surface area contributed by atoms with Crippen LogP contribution in [-0.4, -0.2) is 29.0 Å². The minimum atomic E-state index is -0.0596. The molecule has 0 atom stereocenters. The number of aryl methyl sites for hydroxylation is 1. The number of rotatable bonds is 3. The van der Waals surface area contributed by atoms with Crippen molar-refractivity contribution in [3.8, 4) is 0 Å². The van der Waals surface area contributed by atoms with Gasteiger partial charge in [0.2, 0.25) is 0 Å². The standard InChI is InChI=1S/C10H17N3OS/c1-7(2)11-10(14)13(4)5-9-6-15-8(3)12-9/h6-7H,5H2,1-4H3,(H,11,14). The molecule has 4 nitrogen and oxygen atoms in total. The second-order valence-corrected chi connectivity index (χ2v) is 4.88. The fourth-order valence-electron chi connectivity index (χ4n) is 1.15. The second kappa shape index (κ2) is 5.11. The largest absolute Gasteiger partial charge is 0.336 e. The van der Waals surface area contributed by atoms with Crippen molar-refractivity contribution in [2.24, 2.45) is 0 Å². The molecule has 0 aliphatic carbocycles. The predicted molar refractivity (Wildman–Crippen MR) is 62.0 cm³/mol. The number of amides is 2. The molecule has 84 valence electrons. The molecule has 0 saturated carbocycles. The van der Waals surface area contributed by atoms with Gasteiger partial charge in [-0.2, -0.15) is 0 Å². The Morgan fingerprint density at radius 2 is 2.33 bits per heavy atom. The summed E-state index contributed by atoms with van der Waals surface area (Å²) in [5, 5.41) is 5.84. The monoisotopic (exact) mass is 227 g/mol. The van der Waals surface area contributed by atoms with Gasteiger partial charge in [-0.1, -0.05) is 0 Å². The summed E-state index contributed by atoms with van der Waals surface area (Å²) in [5.74, 6) is 0. The number of carbonyl (C=O) groups is 1. The van der Waals surface area contributed by atoms with E-state index in [1.54, 1.807) is 23.3 Å². The third-order valence-electron chi connectivity index (χ3n) is 1.82. The first-order valence-corrected chi connectivity index (χ1v) is 5.79. The molecule has 0 aliphatic rings. The van der Waals surface area contributed by atoms with Crippen LogP contribution in [-0.2, 0) is 6.54 Å². The summed E-state index contributed by atoms with van der Waals surface area (Å²) >= 11 is 1.60. The Kier molecular flexibility index (Phi) is 4.08. The lowest BCUT2D eigenvalue weighted by Gasteiger charge is -2.18. The summed E-state index contributed by atoms with van der Waals surface area (Å²) in [4.78, 5) is 17.5. The van der Waals surface area contributed by atoms with Crippen molar-refractivity contribution in [2.75, 3.05) is 7.05 Å². The molecule has 0 spiro atoms. The number of hydrogen-bond acceptors (Lipinski definition) is 3. The number of urea groups is 1. The predicted octanol–water partition coefficient (Wildman–Crippen LogP) is 2.00. The minimum absolute atomic E-state index is 0.0596. The first-order chi connectivity index (χ1) is 6.99. The summed E-state index contributed by atoms with van der Waals surface area (Å²) in [6.45, 7) is 6.41. The van der Waals surface area contributed by atoms with Crippen molar-refractivity contribution in [1.82, 2.24) is 15.2 Å². The van der Waals surface area contributed by atoms with Crippen molar-refractivity contribution >= 4 is 17.4 Å². The number of thiazole rings is 1. The lowest BCUT2D eigenvalue weighted by Crippen LogP contribution is -2.40. The quantitative estimate of drug-likeness (QED) is 0.858. The fourth-order valence-corrected chi connectivity index (χ4v) is 1.76. The van der Waals surface area contributed by atoms with E-state index in [1.807, 2.05) is 26.2 Å². The SMILES string of the molecule is Cc1nc(CN(C)C(=O)NC(C)C)cs1. The fraction of sp³-hybridized carbons (Fsp3) is 0.600. The van der Waals surface area contributed by atoms with E-state index in [0.717, 1.165) is 10.7 Å². The van der Waals surface area contributed by atoms with Gasteiger partial charge in [-0.3, -0.25) is 0 Å². The highest BCUT2D eigenvalue weighted by Gasteiger charge is 2.10. The van der Waals surface area contributed by atoms with Crippen LogP contribution >= 0.6 is 11.3 Å². The Hall–Kier alpha value is -1.10. The zero-order valence-corrected chi connectivity index (χ0v) is 10.4. The maximum Gasteiger partial charge on any atom is 0.317 e. The van der Waals surface area contributed by atoms with Gasteiger partial charge in [0.15, 0.2) is 0 Å². The number of nitrogens with zero attached hydrogens (tertiary/aromatic N) is 2. The van der Waals surface area contributed by atoms with Gasteiger partial charge in [0, 0.05) is 18.5 Å². The molecule has 0 unspecified atom stereocenters. The van der Waals surface area contributed by atoms with Gasteiger partial charge >= 0.3 is 6.03 Å². The molecule has 1 heterocycles.